The molecule has 3 N–H and O–H groups in total. The monoisotopic (exact) mass is 268 g/mol. The normalized spacial score (nSPS) is 11.8. The number of nitrogen functional groups attached to an aromatic ring is 1. The molecule has 2 rings (SSSR count). The molecule has 3 nitrogen and oxygen atoms in total. The van der Waals surface area contributed by atoms with E-state index in [-0.39, 0.29) is 11.9 Å². The molecule has 1 amide bonds. The van der Waals surface area contributed by atoms with E-state index in [0.29, 0.717) is 11.3 Å². The fourth-order valence-electron chi connectivity index (χ4n) is 2.04. The van der Waals surface area contributed by atoms with Crippen molar-refractivity contribution in [1.82, 2.24) is 5.32 Å². The van der Waals surface area contributed by atoms with Gasteiger partial charge in [-0.05, 0) is 49.6 Å². The van der Waals surface area contributed by atoms with Crippen LogP contribution in [0.15, 0.2) is 54.6 Å². The number of nitrogens with one attached hydrogen (secondary N) is 1. The van der Waals surface area contributed by atoms with Crippen LogP contribution in [0.25, 0.3) is 0 Å². The lowest BCUT2D eigenvalue weighted by molar-refractivity contribution is 0.0938. The third-order valence-corrected chi connectivity index (χ3v) is 3.26. The van der Waals surface area contributed by atoms with Crippen LogP contribution in [0.2, 0.25) is 0 Å². The number of aryl methyl sites for hydroxylation is 1. The topological polar surface area (TPSA) is 55.1 Å². The van der Waals surface area contributed by atoms with Gasteiger partial charge < -0.3 is 11.1 Å². The van der Waals surface area contributed by atoms with Gasteiger partial charge in [0.15, 0.2) is 0 Å². The van der Waals surface area contributed by atoms with E-state index >= 15 is 0 Å². The lowest BCUT2D eigenvalue weighted by Crippen LogP contribution is -2.32. The molecule has 104 valence electrons. The predicted octanol–water partition coefficient (Wildman–Crippen LogP) is 3.02. The van der Waals surface area contributed by atoms with E-state index in [0.717, 1.165) is 12.8 Å². The Hall–Kier alpha value is -2.29. The summed E-state index contributed by atoms with van der Waals surface area (Å²) in [6.07, 6.45) is 1.88. The highest BCUT2D eigenvalue weighted by Gasteiger charge is 2.09. The first-order chi connectivity index (χ1) is 9.65. The molecule has 0 bridgehead atoms. The number of carbonyl (C=O) groups excluding carboxylic acids is 1. The molecule has 0 radical (unpaired) electrons. The second-order valence-electron chi connectivity index (χ2n) is 5.02. The number of rotatable bonds is 5. The zero-order chi connectivity index (χ0) is 14.4. The third kappa shape index (κ3) is 4.12. The number of hydrogen-bond donors (Lipinski definition) is 2. The van der Waals surface area contributed by atoms with Crippen LogP contribution in [-0.4, -0.2) is 11.9 Å². The Labute approximate surface area is 119 Å². The van der Waals surface area contributed by atoms with Gasteiger partial charge in [0.05, 0.1) is 0 Å². The summed E-state index contributed by atoms with van der Waals surface area (Å²) in [5.74, 6) is -0.0504. The quantitative estimate of drug-likeness (QED) is 0.819. The van der Waals surface area contributed by atoms with Crippen molar-refractivity contribution in [1.29, 1.82) is 0 Å². The van der Waals surface area contributed by atoms with Crippen molar-refractivity contribution in [3.8, 4) is 0 Å². The summed E-state index contributed by atoms with van der Waals surface area (Å²) in [5, 5.41) is 3.01. The maximum absolute atomic E-state index is 12.0. The molecular formula is C17H20N2O. The number of nitrogens with two attached hydrogens (primary N) is 1. The lowest BCUT2D eigenvalue weighted by atomic mass is 10.1. The second-order valence-corrected chi connectivity index (χ2v) is 5.02. The molecule has 0 fully saturated rings. The summed E-state index contributed by atoms with van der Waals surface area (Å²) in [6, 6.07) is 17.4. The molecule has 0 aromatic heterocycles. The average Bonchev–Trinajstić information content (AvgIpc) is 2.47. The fraction of sp³-hybridized carbons (Fsp3) is 0.235. The molecule has 3 heteroatoms. The van der Waals surface area contributed by atoms with Crippen LogP contribution in [0.1, 0.15) is 29.3 Å². The zero-order valence-electron chi connectivity index (χ0n) is 11.7. The van der Waals surface area contributed by atoms with Crippen LogP contribution in [0.5, 0.6) is 0 Å². The number of anilines is 1. The highest BCUT2D eigenvalue weighted by atomic mass is 16.1. The smallest absolute Gasteiger partial charge is 0.251 e. The Bertz CT molecular complexity index is 549. The molecule has 0 aliphatic carbocycles. The third-order valence-electron chi connectivity index (χ3n) is 3.26. The number of carbonyl (C=O) groups is 1. The van der Waals surface area contributed by atoms with Crippen LogP contribution in [-0.2, 0) is 6.42 Å². The lowest BCUT2D eigenvalue weighted by Gasteiger charge is -2.14. The molecule has 2 aromatic rings. The van der Waals surface area contributed by atoms with E-state index in [4.69, 9.17) is 5.73 Å². The van der Waals surface area contributed by atoms with Crippen molar-refractivity contribution in [2.24, 2.45) is 0 Å². The van der Waals surface area contributed by atoms with Gasteiger partial charge in [-0.1, -0.05) is 30.3 Å². The van der Waals surface area contributed by atoms with Crippen molar-refractivity contribution < 1.29 is 4.79 Å². The number of benzene rings is 2. The minimum Gasteiger partial charge on any atom is -0.399 e. The maximum Gasteiger partial charge on any atom is 0.251 e. The molecule has 0 spiro atoms. The van der Waals surface area contributed by atoms with Crippen LogP contribution in [0, 0.1) is 0 Å². The van der Waals surface area contributed by atoms with Gasteiger partial charge in [-0.2, -0.15) is 0 Å². The predicted molar refractivity (Wildman–Crippen MR) is 82.5 cm³/mol. The summed E-state index contributed by atoms with van der Waals surface area (Å²) in [7, 11) is 0. The molecule has 1 unspecified atom stereocenters. The SMILES string of the molecule is CC(CCc1ccccc1)NC(=O)c1ccc(N)cc1. The van der Waals surface area contributed by atoms with Crippen LogP contribution in [0.4, 0.5) is 5.69 Å². The summed E-state index contributed by atoms with van der Waals surface area (Å²) < 4.78 is 0. The average molecular weight is 268 g/mol. The van der Waals surface area contributed by atoms with Gasteiger partial charge in [0, 0.05) is 17.3 Å². The van der Waals surface area contributed by atoms with Gasteiger partial charge in [-0.15, -0.1) is 0 Å². The minimum atomic E-state index is -0.0504. The summed E-state index contributed by atoms with van der Waals surface area (Å²) in [4.78, 5) is 12.0. The Morgan fingerprint density at radius 2 is 1.75 bits per heavy atom. The highest BCUT2D eigenvalue weighted by molar-refractivity contribution is 5.94. The summed E-state index contributed by atoms with van der Waals surface area (Å²) in [6.45, 7) is 2.03. The van der Waals surface area contributed by atoms with Crippen molar-refractivity contribution in [2.45, 2.75) is 25.8 Å². The first-order valence-corrected chi connectivity index (χ1v) is 6.85. The van der Waals surface area contributed by atoms with E-state index in [9.17, 15) is 4.79 Å². The van der Waals surface area contributed by atoms with Gasteiger partial charge in [0.2, 0.25) is 0 Å². The van der Waals surface area contributed by atoms with E-state index in [2.05, 4.69) is 17.4 Å². The van der Waals surface area contributed by atoms with Crippen LogP contribution < -0.4 is 11.1 Å². The number of amides is 1. The van der Waals surface area contributed by atoms with E-state index in [1.807, 2.05) is 25.1 Å². The van der Waals surface area contributed by atoms with Crippen molar-refractivity contribution in [3.63, 3.8) is 0 Å². The van der Waals surface area contributed by atoms with Gasteiger partial charge in [0.25, 0.3) is 5.91 Å². The van der Waals surface area contributed by atoms with E-state index < -0.39 is 0 Å². The second kappa shape index (κ2) is 6.75. The molecule has 0 saturated heterocycles. The molecule has 0 heterocycles. The summed E-state index contributed by atoms with van der Waals surface area (Å²) in [5.41, 5.74) is 8.21. The Morgan fingerprint density at radius 1 is 1.10 bits per heavy atom. The van der Waals surface area contributed by atoms with Crippen LogP contribution in [0.3, 0.4) is 0 Å². The van der Waals surface area contributed by atoms with Gasteiger partial charge in [-0.3, -0.25) is 4.79 Å². The fourth-order valence-corrected chi connectivity index (χ4v) is 2.04. The molecule has 2 aromatic carbocycles. The minimum absolute atomic E-state index is 0.0504. The van der Waals surface area contributed by atoms with E-state index in [1.54, 1.807) is 24.3 Å². The molecule has 20 heavy (non-hydrogen) atoms. The largest absolute Gasteiger partial charge is 0.399 e. The Balaban J connectivity index is 1.83. The maximum atomic E-state index is 12.0. The molecule has 0 aliphatic rings. The standard InChI is InChI=1S/C17H20N2O/c1-13(7-8-14-5-3-2-4-6-14)19-17(20)15-9-11-16(18)12-10-15/h2-6,9-13H,7-8,18H2,1H3,(H,19,20). The molecular weight excluding hydrogens is 248 g/mol. The molecule has 0 aliphatic heterocycles. The highest BCUT2D eigenvalue weighted by Crippen LogP contribution is 2.08. The molecule has 1 atom stereocenters. The number of hydrogen-bond acceptors (Lipinski definition) is 2. The van der Waals surface area contributed by atoms with Crippen LogP contribution >= 0.6 is 0 Å². The summed E-state index contributed by atoms with van der Waals surface area (Å²) >= 11 is 0. The van der Waals surface area contributed by atoms with Gasteiger partial charge in [-0.25, -0.2) is 0 Å². The molecule has 0 saturated carbocycles. The Kier molecular flexibility index (Phi) is 4.77. The first-order valence-electron chi connectivity index (χ1n) is 6.85. The van der Waals surface area contributed by atoms with Crippen molar-refractivity contribution in [3.05, 3.63) is 65.7 Å². The Morgan fingerprint density at radius 3 is 2.40 bits per heavy atom. The van der Waals surface area contributed by atoms with Crippen molar-refractivity contribution in [2.75, 3.05) is 5.73 Å². The van der Waals surface area contributed by atoms with Crippen molar-refractivity contribution >= 4 is 11.6 Å². The zero-order valence-corrected chi connectivity index (χ0v) is 11.7. The first kappa shape index (κ1) is 14.1. The van der Waals surface area contributed by atoms with Gasteiger partial charge in [0.1, 0.15) is 0 Å². The van der Waals surface area contributed by atoms with E-state index in [1.165, 1.54) is 5.56 Å². The van der Waals surface area contributed by atoms with Gasteiger partial charge >= 0.3 is 0 Å².